The number of nitro groups is 1. The molecule has 0 saturated heterocycles. The molecule has 0 aliphatic rings. The summed E-state index contributed by atoms with van der Waals surface area (Å²) in [5, 5.41) is 14.3. The summed E-state index contributed by atoms with van der Waals surface area (Å²) in [5.41, 5.74) is 0.659. The maximum absolute atomic E-state index is 12.0. The number of rotatable bonds is 7. The lowest BCUT2D eigenvalue weighted by Crippen LogP contribution is -2.35. The molecule has 0 heterocycles. The molecule has 1 aromatic rings. The molecule has 0 saturated carbocycles. The third-order valence-electron chi connectivity index (χ3n) is 2.58. The number of nitrogens with one attached hydrogen (secondary N) is 1. The molecule has 0 aliphatic heterocycles. The van der Waals surface area contributed by atoms with Crippen molar-refractivity contribution < 1.29 is 14.1 Å². The fourth-order valence-corrected chi connectivity index (χ4v) is 1.54. The van der Waals surface area contributed by atoms with E-state index >= 15 is 0 Å². The van der Waals surface area contributed by atoms with E-state index in [4.69, 9.17) is 4.74 Å². The lowest BCUT2D eigenvalue weighted by atomic mass is 10.1. The zero-order chi connectivity index (χ0) is 15.2. The molecule has 0 radical (unpaired) electrons. The molecule has 112 valence electrons. The number of alkyl halides is 1. The Balaban J connectivity index is 2.81. The van der Waals surface area contributed by atoms with Crippen molar-refractivity contribution in [1.29, 1.82) is 0 Å². The highest BCUT2D eigenvalue weighted by Gasteiger charge is 2.17. The summed E-state index contributed by atoms with van der Waals surface area (Å²) in [6.07, 6.45) is 0.227. The van der Waals surface area contributed by atoms with Gasteiger partial charge in [-0.25, -0.2) is 0 Å². The smallest absolute Gasteiger partial charge is 0.311 e. The van der Waals surface area contributed by atoms with E-state index in [1.807, 2.05) is 20.8 Å². The van der Waals surface area contributed by atoms with Gasteiger partial charge in [0.25, 0.3) is 0 Å². The van der Waals surface area contributed by atoms with Crippen LogP contribution < -0.4 is 10.1 Å². The van der Waals surface area contributed by atoms with Gasteiger partial charge in [-0.2, -0.15) is 0 Å². The summed E-state index contributed by atoms with van der Waals surface area (Å²) in [5.74, 6) is 0.183. The van der Waals surface area contributed by atoms with Crippen LogP contribution in [0.2, 0.25) is 0 Å². The van der Waals surface area contributed by atoms with Crippen LogP contribution in [0.15, 0.2) is 18.2 Å². The normalized spacial score (nSPS) is 11.4. The van der Waals surface area contributed by atoms with Crippen molar-refractivity contribution in [2.24, 2.45) is 0 Å². The number of benzene rings is 1. The molecule has 6 heteroatoms. The first-order chi connectivity index (χ1) is 9.33. The maximum Gasteiger partial charge on any atom is 0.311 e. The molecule has 0 atom stereocenters. The van der Waals surface area contributed by atoms with Crippen molar-refractivity contribution >= 4 is 5.69 Å². The molecule has 0 amide bonds. The van der Waals surface area contributed by atoms with E-state index in [1.54, 1.807) is 12.1 Å². The Morgan fingerprint density at radius 1 is 1.40 bits per heavy atom. The van der Waals surface area contributed by atoms with E-state index in [0.717, 1.165) is 5.56 Å². The second kappa shape index (κ2) is 7.19. The summed E-state index contributed by atoms with van der Waals surface area (Å²) in [6, 6.07) is 4.83. The van der Waals surface area contributed by atoms with Gasteiger partial charge in [0.1, 0.15) is 0 Å². The van der Waals surface area contributed by atoms with Crippen molar-refractivity contribution in [2.75, 3.05) is 13.3 Å². The van der Waals surface area contributed by atoms with Gasteiger partial charge in [0.05, 0.1) is 18.2 Å². The van der Waals surface area contributed by atoms with Gasteiger partial charge in [-0.3, -0.25) is 14.5 Å². The minimum absolute atomic E-state index is 0.0644. The van der Waals surface area contributed by atoms with Crippen LogP contribution in [0.5, 0.6) is 5.75 Å². The van der Waals surface area contributed by atoms with Crippen LogP contribution in [0.25, 0.3) is 0 Å². The average Bonchev–Trinajstić information content (AvgIpc) is 2.36. The molecule has 1 N–H and O–H groups in total. The standard InChI is InChI=1S/C14H21FN2O3/c1-14(2,3)16-10-11-5-6-13(20-8-4-7-15)12(9-11)17(18)19/h5-6,9,16H,4,7-8,10H2,1-3H3. The van der Waals surface area contributed by atoms with Crippen molar-refractivity contribution in [3.8, 4) is 5.75 Å². The molecular weight excluding hydrogens is 263 g/mol. The molecule has 0 fully saturated rings. The van der Waals surface area contributed by atoms with Crippen molar-refractivity contribution in [3.05, 3.63) is 33.9 Å². The number of nitro benzene ring substituents is 1. The maximum atomic E-state index is 12.0. The summed E-state index contributed by atoms with van der Waals surface area (Å²) < 4.78 is 17.2. The molecule has 1 rings (SSSR count). The van der Waals surface area contributed by atoms with Crippen LogP contribution >= 0.6 is 0 Å². The summed E-state index contributed by atoms with van der Waals surface area (Å²) in [6.45, 7) is 6.25. The van der Waals surface area contributed by atoms with Gasteiger partial charge < -0.3 is 10.1 Å². The molecule has 0 spiro atoms. The summed E-state index contributed by atoms with van der Waals surface area (Å²) in [7, 11) is 0. The number of nitrogens with zero attached hydrogens (tertiary/aromatic N) is 1. The van der Waals surface area contributed by atoms with Gasteiger partial charge in [0.15, 0.2) is 5.75 Å². The Hall–Kier alpha value is -1.69. The predicted molar refractivity (Wildman–Crippen MR) is 75.8 cm³/mol. The van der Waals surface area contributed by atoms with E-state index in [1.165, 1.54) is 6.07 Å². The largest absolute Gasteiger partial charge is 0.487 e. The molecule has 5 nitrogen and oxygen atoms in total. The van der Waals surface area contributed by atoms with Gasteiger partial charge in [0.2, 0.25) is 0 Å². The van der Waals surface area contributed by atoms with Crippen molar-refractivity contribution in [1.82, 2.24) is 5.32 Å². The van der Waals surface area contributed by atoms with Crippen molar-refractivity contribution in [2.45, 2.75) is 39.3 Å². The van der Waals surface area contributed by atoms with Gasteiger partial charge in [-0.15, -0.1) is 0 Å². The monoisotopic (exact) mass is 284 g/mol. The Morgan fingerprint density at radius 3 is 2.65 bits per heavy atom. The Kier molecular flexibility index (Phi) is 5.88. The van der Waals surface area contributed by atoms with Gasteiger partial charge in [-0.1, -0.05) is 6.07 Å². The molecule has 0 unspecified atom stereocenters. The highest BCUT2D eigenvalue weighted by molar-refractivity contribution is 5.48. The van der Waals surface area contributed by atoms with Crippen molar-refractivity contribution in [3.63, 3.8) is 0 Å². The highest BCUT2D eigenvalue weighted by Crippen LogP contribution is 2.28. The zero-order valence-corrected chi connectivity index (χ0v) is 12.1. The first-order valence-electron chi connectivity index (χ1n) is 6.54. The van der Waals surface area contributed by atoms with Gasteiger partial charge in [-0.05, 0) is 32.4 Å². The predicted octanol–water partition coefficient (Wildman–Crippen LogP) is 3.22. The minimum Gasteiger partial charge on any atom is -0.487 e. The Labute approximate surface area is 118 Å². The van der Waals surface area contributed by atoms with Crippen LogP contribution in [0.3, 0.4) is 0 Å². The molecule has 20 heavy (non-hydrogen) atoms. The first-order valence-corrected chi connectivity index (χ1v) is 6.54. The van der Waals surface area contributed by atoms with Crippen LogP contribution in [0.4, 0.5) is 10.1 Å². The average molecular weight is 284 g/mol. The van der Waals surface area contributed by atoms with E-state index in [9.17, 15) is 14.5 Å². The van der Waals surface area contributed by atoms with E-state index < -0.39 is 11.6 Å². The molecule has 0 aromatic heterocycles. The quantitative estimate of drug-likeness (QED) is 0.474. The Morgan fingerprint density at radius 2 is 2.10 bits per heavy atom. The van der Waals surface area contributed by atoms with Crippen LogP contribution in [0, 0.1) is 10.1 Å². The highest BCUT2D eigenvalue weighted by atomic mass is 19.1. The molecular formula is C14H21FN2O3. The number of hydrogen-bond donors (Lipinski definition) is 1. The molecule has 0 aliphatic carbocycles. The van der Waals surface area contributed by atoms with E-state index in [2.05, 4.69) is 5.32 Å². The second-order valence-corrected chi connectivity index (χ2v) is 5.55. The fraction of sp³-hybridized carbons (Fsp3) is 0.571. The second-order valence-electron chi connectivity index (χ2n) is 5.55. The third-order valence-corrected chi connectivity index (χ3v) is 2.58. The van der Waals surface area contributed by atoms with Crippen LogP contribution in [0.1, 0.15) is 32.8 Å². The van der Waals surface area contributed by atoms with E-state index in [0.29, 0.717) is 6.54 Å². The topological polar surface area (TPSA) is 64.4 Å². The number of ether oxygens (including phenoxy) is 1. The summed E-state index contributed by atoms with van der Waals surface area (Å²) in [4.78, 5) is 10.6. The zero-order valence-electron chi connectivity index (χ0n) is 12.1. The molecule has 1 aromatic carbocycles. The lowest BCUT2D eigenvalue weighted by molar-refractivity contribution is -0.385. The molecule has 0 bridgehead atoms. The van der Waals surface area contributed by atoms with Gasteiger partial charge >= 0.3 is 5.69 Å². The van der Waals surface area contributed by atoms with Gasteiger partial charge in [0, 0.05) is 24.6 Å². The van der Waals surface area contributed by atoms with Crippen LogP contribution in [-0.4, -0.2) is 23.7 Å². The number of hydrogen-bond acceptors (Lipinski definition) is 4. The fourth-order valence-electron chi connectivity index (χ4n) is 1.54. The SMILES string of the molecule is CC(C)(C)NCc1ccc(OCCCF)c([N+](=O)[O-])c1. The van der Waals surface area contributed by atoms with Crippen LogP contribution in [-0.2, 0) is 6.54 Å². The lowest BCUT2D eigenvalue weighted by Gasteiger charge is -2.20. The summed E-state index contributed by atoms with van der Waals surface area (Å²) >= 11 is 0. The Bertz CT molecular complexity index is 458. The first kappa shape index (κ1) is 16.4. The third kappa shape index (κ3) is 5.52. The van der Waals surface area contributed by atoms with E-state index in [-0.39, 0.29) is 30.0 Å². The number of halogens is 1. The minimum atomic E-state index is -0.499.